The van der Waals surface area contributed by atoms with Crippen molar-refractivity contribution in [1.29, 1.82) is 0 Å². The Bertz CT molecular complexity index is 190. The minimum absolute atomic E-state index is 0.644. The molecule has 0 nitrogen and oxygen atoms in total. The SMILES string of the molecule is CC(C)CCCCCCC1(C)CC1(C)C. The minimum Gasteiger partial charge on any atom is -0.0628 e. The molecule has 0 heteroatoms. The van der Waals surface area contributed by atoms with Crippen LogP contribution in [-0.2, 0) is 0 Å². The van der Waals surface area contributed by atoms with Gasteiger partial charge in [-0.2, -0.15) is 0 Å². The van der Waals surface area contributed by atoms with Gasteiger partial charge in [0.15, 0.2) is 0 Å². The van der Waals surface area contributed by atoms with Crippen molar-refractivity contribution in [3.05, 3.63) is 0 Å². The van der Waals surface area contributed by atoms with Crippen molar-refractivity contribution < 1.29 is 0 Å². The lowest BCUT2D eigenvalue weighted by molar-refractivity contribution is 0.370. The molecule has 1 aliphatic rings. The van der Waals surface area contributed by atoms with E-state index in [4.69, 9.17) is 0 Å². The fourth-order valence-electron chi connectivity index (χ4n) is 2.78. The Morgan fingerprint density at radius 2 is 1.47 bits per heavy atom. The molecule has 90 valence electrons. The monoisotopic (exact) mass is 210 g/mol. The first kappa shape index (κ1) is 13.1. The van der Waals surface area contributed by atoms with Crippen molar-refractivity contribution in [2.75, 3.05) is 0 Å². The van der Waals surface area contributed by atoms with Crippen LogP contribution in [0.4, 0.5) is 0 Å². The Morgan fingerprint density at radius 3 is 1.93 bits per heavy atom. The molecule has 0 radical (unpaired) electrons. The lowest BCUT2D eigenvalue weighted by Gasteiger charge is -2.14. The first-order chi connectivity index (χ1) is 6.87. The molecular weight excluding hydrogens is 180 g/mol. The first-order valence-corrected chi connectivity index (χ1v) is 6.87. The van der Waals surface area contributed by atoms with Crippen molar-refractivity contribution >= 4 is 0 Å². The molecule has 0 N–H and O–H groups in total. The zero-order chi connectivity index (χ0) is 11.5. The minimum atomic E-state index is 0.644. The molecule has 0 heterocycles. The molecule has 1 aliphatic carbocycles. The van der Waals surface area contributed by atoms with E-state index < -0.39 is 0 Å². The summed E-state index contributed by atoms with van der Waals surface area (Å²) in [6.07, 6.45) is 10.1. The summed E-state index contributed by atoms with van der Waals surface area (Å²) >= 11 is 0. The zero-order valence-electron chi connectivity index (χ0n) is 11.5. The van der Waals surface area contributed by atoms with Gasteiger partial charge in [-0.3, -0.25) is 0 Å². The van der Waals surface area contributed by atoms with Crippen molar-refractivity contribution in [2.24, 2.45) is 16.7 Å². The highest BCUT2D eigenvalue weighted by Crippen LogP contribution is 2.65. The van der Waals surface area contributed by atoms with Gasteiger partial charge < -0.3 is 0 Å². The molecule has 1 rings (SSSR count). The van der Waals surface area contributed by atoms with Crippen LogP contribution in [0, 0.1) is 16.7 Å². The van der Waals surface area contributed by atoms with Gasteiger partial charge in [-0.15, -0.1) is 0 Å². The highest BCUT2D eigenvalue weighted by molar-refractivity contribution is 5.05. The Kier molecular flexibility index (Phi) is 4.26. The van der Waals surface area contributed by atoms with E-state index in [1.807, 2.05) is 0 Å². The van der Waals surface area contributed by atoms with Crippen molar-refractivity contribution in [3.8, 4) is 0 Å². The third-order valence-electron chi connectivity index (χ3n) is 4.60. The van der Waals surface area contributed by atoms with Gasteiger partial charge in [-0.1, -0.05) is 66.7 Å². The summed E-state index contributed by atoms with van der Waals surface area (Å²) < 4.78 is 0. The van der Waals surface area contributed by atoms with Gasteiger partial charge in [0.1, 0.15) is 0 Å². The van der Waals surface area contributed by atoms with Crippen molar-refractivity contribution in [2.45, 2.75) is 79.6 Å². The van der Waals surface area contributed by atoms with E-state index >= 15 is 0 Å². The normalized spacial score (nSPS) is 28.4. The van der Waals surface area contributed by atoms with E-state index in [1.54, 1.807) is 0 Å². The van der Waals surface area contributed by atoms with Gasteiger partial charge in [0.25, 0.3) is 0 Å². The molecule has 1 atom stereocenters. The average Bonchev–Trinajstić information content (AvgIpc) is 2.58. The molecule has 0 aromatic rings. The van der Waals surface area contributed by atoms with Crippen LogP contribution >= 0.6 is 0 Å². The maximum absolute atomic E-state index is 2.47. The summed E-state index contributed by atoms with van der Waals surface area (Å²) in [5.41, 5.74) is 1.33. The van der Waals surface area contributed by atoms with Gasteiger partial charge in [0.05, 0.1) is 0 Å². The highest BCUT2D eigenvalue weighted by atomic mass is 14.6. The molecule has 1 fully saturated rings. The number of rotatable bonds is 7. The van der Waals surface area contributed by atoms with Crippen LogP contribution in [0.3, 0.4) is 0 Å². The third-order valence-corrected chi connectivity index (χ3v) is 4.60. The largest absolute Gasteiger partial charge is 0.0628 e. The van der Waals surface area contributed by atoms with Gasteiger partial charge >= 0.3 is 0 Å². The molecule has 0 amide bonds. The quantitative estimate of drug-likeness (QED) is 0.492. The maximum Gasteiger partial charge on any atom is -0.0269 e. The van der Waals surface area contributed by atoms with Crippen molar-refractivity contribution in [3.63, 3.8) is 0 Å². The Morgan fingerprint density at radius 1 is 0.933 bits per heavy atom. The van der Waals surface area contributed by atoms with Crippen LogP contribution in [0.15, 0.2) is 0 Å². The van der Waals surface area contributed by atoms with Gasteiger partial charge in [0, 0.05) is 0 Å². The topological polar surface area (TPSA) is 0 Å². The smallest absolute Gasteiger partial charge is 0.0269 e. The summed E-state index contributed by atoms with van der Waals surface area (Å²) in [5.74, 6) is 0.893. The molecule has 1 unspecified atom stereocenters. The van der Waals surface area contributed by atoms with E-state index in [2.05, 4.69) is 34.6 Å². The number of unbranched alkanes of at least 4 members (excludes halogenated alkanes) is 3. The summed E-state index contributed by atoms with van der Waals surface area (Å²) in [7, 11) is 0. The Hall–Kier alpha value is 0. The molecule has 0 spiro atoms. The van der Waals surface area contributed by atoms with E-state index in [1.165, 1.54) is 44.9 Å². The van der Waals surface area contributed by atoms with E-state index in [9.17, 15) is 0 Å². The third kappa shape index (κ3) is 3.81. The van der Waals surface area contributed by atoms with Gasteiger partial charge in [-0.25, -0.2) is 0 Å². The summed E-state index contributed by atoms with van der Waals surface area (Å²) in [4.78, 5) is 0. The fraction of sp³-hybridized carbons (Fsp3) is 1.00. The molecule has 1 saturated carbocycles. The predicted octanol–water partition coefficient (Wildman–Crippen LogP) is 5.42. The molecule has 15 heavy (non-hydrogen) atoms. The van der Waals surface area contributed by atoms with E-state index in [-0.39, 0.29) is 0 Å². The van der Waals surface area contributed by atoms with Gasteiger partial charge in [-0.05, 0) is 29.6 Å². The van der Waals surface area contributed by atoms with Crippen LogP contribution in [0.5, 0.6) is 0 Å². The molecule has 0 aromatic heterocycles. The fourth-order valence-corrected chi connectivity index (χ4v) is 2.78. The molecule has 0 bridgehead atoms. The lowest BCUT2D eigenvalue weighted by Crippen LogP contribution is -2.03. The van der Waals surface area contributed by atoms with E-state index in [0.29, 0.717) is 10.8 Å². The molecule has 0 aliphatic heterocycles. The summed E-state index contributed by atoms with van der Waals surface area (Å²) in [6, 6.07) is 0. The van der Waals surface area contributed by atoms with Gasteiger partial charge in [0.2, 0.25) is 0 Å². The number of hydrogen-bond donors (Lipinski definition) is 0. The second-order valence-corrected chi connectivity index (χ2v) is 6.97. The van der Waals surface area contributed by atoms with Crippen LogP contribution in [0.1, 0.15) is 79.6 Å². The molecule has 0 aromatic carbocycles. The average molecular weight is 210 g/mol. The van der Waals surface area contributed by atoms with Crippen LogP contribution in [0.25, 0.3) is 0 Å². The standard InChI is InChI=1S/C15H30/c1-13(2)10-8-6-7-9-11-15(5)12-14(15,3)4/h13H,6-12H2,1-5H3. The summed E-state index contributed by atoms with van der Waals surface area (Å²) in [5, 5.41) is 0. The Balaban J connectivity index is 1.95. The van der Waals surface area contributed by atoms with Crippen LogP contribution in [0.2, 0.25) is 0 Å². The lowest BCUT2D eigenvalue weighted by atomic mass is 9.91. The summed E-state index contributed by atoms with van der Waals surface area (Å²) in [6.45, 7) is 12.0. The number of hydrogen-bond acceptors (Lipinski definition) is 0. The zero-order valence-corrected chi connectivity index (χ0v) is 11.5. The predicted molar refractivity (Wildman–Crippen MR) is 69.0 cm³/mol. The molecule has 0 saturated heterocycles. The molecular formula is C15H30. The van der Waals surface area contributed by atoms with Crippen molar-refractivity contribution in [1.82, 2.24) is 0 Å². The maximum atomic E-state index is 2.47. The van der Waals surface area contributed by atoms with Crippen LogP contribution < -0.4 is 0 Å². The Labute approximate surface area is 96.8 Å². The second kappa shape index (κ2) is 4.89. The second-order valence-electron chi connectivity index (χ2n) is 6.97. The highest BCUT2D eigenvalue weighted by Gasteiger charge is 2.56. The van der Waals surface area contributed by atoms with Crippen LogP contribution in [-0.4, -0.2) is 0 Å². The first-order valence-electron chi connectivity index (χ1n) is 6.87. The van der Waals surface area contributed by atoms with E-state index in [0.717, 1.165) is 5.92 Å².